The van der Waals surface area contributed by atoms with Gasteiger partial charge in [0.05, 0.1) is 5.92 Å². The highest BCUT2D eigenvalue weighted by molar-refractivity contribution is 5.84. The molecule has 2 rings (SSSR count). The van der Waals surface area contributed by atoms with Gasteiger partial charge in [0.25, 0.3) is 0 Å². The monoisotopic (exact) mass is 237 g/mol. The quantitative estimate of drug-likeness (QED) is 0.692. The van der Waals surface area contributed by atoms with E-state index in [4.69, 9.17) is 4.74 Å². The number of carbonyl (C=O) groups excluding carboxylic acids is 1. The fourth-order valence-electron chi connectivity index (χ4n) is 3.08. The molecule has 2 fully saturated rings. The second kappa shape index (κ2) is 6.42. The first kappa shape index (κ1) is 12.9. The zero-order valence-electron chi connectivity index (χ0n) is 11.0. The number of ether oxygens (including phenoxy) is 1. The highest BCUT2D eigenvalue weighted by atomic mass is 16.5. The molecule has 2 saturated carbocycles. The van der Waals surface area contributed by atoms with E-state index in [0.29, 0.717) is 0 Å². The van der Waals surface area contributed by atoms with E-state index in [9.17, 15) is 4.79 Å². The van der Waals surface area contributed by atoms with Gasteiger partial charge >= 0.3 is 5.97 Å². The maximum absolute atomic E-state index is 12.0. The van der Waals surface area contributed by atoms with Crippen LogP contribution < -0.4 is 0 Å². The van der Waals surface area contributed by atoms with Gasteiger partial charge in [-0.1, -0.05) is 32.6 Å². The minimum atomic E-state index is 0.0182. The highest BCUT2D eigenvalue weighted by Crippen LogP contribution is 2.31. The van der Waals surface area contributed by atoms with E-state index < -0.39 is 0 Å². The SMILES string of the molecule is CCC1CCC(OC(=O)[C]2CCCCC2)CC1. The molecule has 0 saturated heterocycles. The molecule has 2 aliphatic rings. The first-order valence-corrected chi connectivity index (χ1v) is 7.35. The number of esters is 1. The molecule has 0 heterocycles. The minimum Gasteiger partial charge on any atom is -0.462 e. The summed E-state index contributed by atoms with van der Waals surface area (Å²) < 4.78 is 5.65. The lowest BCUT2D eigenvalue weighted by Crippen LogP contribution is -2.28. The Balaban J connectivity index is 1.71. The molecule has 97 valence electrons. The molecular formula is C15H25O2. The Kier molecular flexibility index (Phi) is 4.87. The van der Waals surface area contributed by atoms with Gasteiger partial charge in [0.2, 0.25) is 0 Å². The Hall–Kier alpha value is -0.530. The van der Waals surface area contributed by atoms with Crippen molar-refractivity contribution in [2.45, 2.75) is 77.2 Å². The summed E-state index contributed by atoms with van der Waals surface area (Å²) in [6, 6.07) is 0. The Labute approximate surface area is 105 Å². The molecule has 2 aliphatic carbocycles. The number of rotatable bonds is 3. The van der Waals surface area contributed by atoms with Crippen LogP contribution in [0.15, 0.2) is 0 Å². The topological polar surface area (TPSA) is 26.3 Å². The first-order chi connectivity index (χ1) is 8.29. The second-order valence-electron chi connectivity index (χ2n) is 5.62. The zero-order chi connectivity index (χ0) is 12.1. The van der Waals surface area contributed by atoms with Crippen molar-refractivity contribution in [3.8, 4) is 0 Å². The minimum absolute atomic E-state index is 0.0182. The smallest absolute Gasteiger partial charge is 0.313 e. The van der Waals surface area contributed by atoms with Crippen LogP contribution in [-0.4, -0.2) is 12.1 Å². The summed E-state index contributed by atoms with van der Waals surface area (Å²) in [7, 11) is 0. The largest absolute Gasteiger partial charge is 0.462 e. The molecule has 0 spiro atoms. The standard InChI is InChI=1S/C15H25O2/c1-2-12-8-10-14(11-9-12)17-15(16)13-6-4-3-5-7-13/h12,14H,2-11H2,1H3. The van der Waals surface area contributed by atoms with Crippen LogP contribution in [0.1, 0.15) is 71.1 Å². The molecular weight excluding hydrogens is 212 g/mol. The molecule has 1 radical (unpaired) electrons. The molecule has 0 N–H and O–H groups in total. The Morgan fingerprint density at radius 1 is 1.12 bits per heavy atom. The van der Waals surface area contributed by atoms with Crippen molar-refractivity contribution in [3.63, 3.8) is 0 Å². The third-order valence-corrected chi connectivity index (χ3v) is 4.39. The molecule has 0 aromatic carbocycles. The van der Waals surface area contributed by atoms with Crippen molar-refractivity contribution < 1.29 is 9.53 Å². The van der Waals surface area contributed by atoms with Crippen molar-refractivity contribution in [1.29, 1.82) is 0 Å². The van der Waals surface area contributed by atoms with Crippen LogP contribution in [0.5, 0.6) is 0 Å². The van der Waals surface area contributed by atoms with Crippen LogP contribution in [0.3, 0.4) is 0 Å². The van der Waals surface area contributed by atoms with Gasteiger partial charge < -0.3 is 4.74 Å². The molecule has 0 atom stereocenters. The van der Waals surface area contributed by atoms with Gasteiger partial charge in [-0.05, 0) is 44.4 Å². The predicted octanol–water partition coefficient (Wildman–Crippen LogP) is 4.04. The van der Waals surface area contributed by atoms with Crippen molar-refractivity contribution in [1.82, 2.24) is 0 Å². The number of hydrogen-bond donors (Lipinski definition) is 0. The van der Waals surface area contributed by atoms with E-state index >= 15 is 0 Å². The third-order valence-electron chi connectivity index (χ3n) is 4.39. The summed E-state index contributed by atoms with van der Waals surface area (Å²) in [6.45, 7) is 2.26. The Morgan fingerprint density at radius 2 is 1.76 bits per heavy atom. The lowest BCUT2D eigenvalue weighted by molar-refractivity contribution is -0.149. The van der Waals surface area contributed by atoms with Crippen LogP contribution in [0, 0.1) is 11.8 Å². The number of carbonyl (C=O) groups is 1. The maximum Gasteiger partial charge on any atom is 0.313 e. The molecule has 0 aromatic heterocycles. The molecule has 17 heavy (non-hydrogen) atoms. The van der Waals surface area contributed by atoms with Crippen LogP contribution in [-0.2, 0) is 9.53 Å². The summed E-state index contributed by atoms with van der Waals surface area (Å²) in [5.74, 6) is 1.94. The van der Waals surface area contributed by atoms with E-state index in [-0.39, 0.29) is 12.1 Å². The van der Waals surface area contributed by atoms with Crippen LogP contribution in [0.2, 0.25) is 0 Å². The predicted molar refractivity (Wildman–Crippen MR) is 68.5 cm³/mol. The van der Waals surface area contributed by atoms with Gasteiger partial charge in [-0.3, -0.25) is 4.79 Å². The van der Waals surface area contributed by atoms with Gasteiger partial charge in [0.15, 0.2) is 0 Å². The van der Waals surface area contributed by atoms with E-state index in [2.05, 4.69) is 6.92 Å². The van der Waals surface area contributed by atoms with Crippen LogP contribution in [0.4, 0.5) is 0 Å². The van der Waals surface area contributed by atoms with E-state index in [0.717, 1.165) is 37.5 Å². The van der Waals surface area contributed by atoms with E-state index in [1.54, 1.807) is 0 Å². The highest BCUT2D eigenvalue weighted by Gasteiger charge is 2.28. The van der Waals surface area contributed by atoms with Crippen LogP contribution >= 0.6 is 0 Å². The third kappa shape index (κ3) is 3.72. The maximum atomic E-state index is 12.0. The van der Waals surface area contributed by atoms with Crippen molar-refractivity contribution in [3.05, 3.63) is 5.92 Å². The average Bonchev–Trinajstić information content (AvgIpc) is 2.40. The lowest BCUT2D eigenvalue weighted by Gasteiger charge is -2.29. The van der Waals surface area contributed by atoms with Crippen molar-refractivity contribution >= 4 is 5.97 Å². The Bertz CT molecular complexity index is 235. The fourth-order valence-corrected chi connectivity index (χ4v) is 3.08. The van der Waals surface area contributed by atoms with E-state index in [1.165, 1.54) is 38.5 Å². The summed E-state index contributed by atoms with van der Waals surface area (Å²) in [5.41, 5.74) is 0. The van der Waals surface area contributed by atoms with Gasteiger partial charge in [-0.15, -0.1) is 0 Å². The van der Waals surface area contributed by atoms with Gasteiger partial charge in [0.1, 0.15) is 6.10 Å². The van der Waals surface area contributed by atoms with Gasteiger partial charge in [-0.25, -0.2) is 0 Å². The Morgan fingerprint density at radius 3 is 2.35 bits per heavy atom. The normalized spacial score (nSPS) is 31.1. The second-order valence-corrected chi connectivity index (χ2v) is 5.62. The fraction of sp³-hybridized carbons (Fsp3) is 0.867. The van der Waals surface area contributed by atoms with Gasteiger partial charge in [0, 0.05) is 0 Å². The molecule has 0 amide bonds. The molecule has 2 heteroatoms. The molecule has 0 aromatic rings. The van der Waals surface area contributed by atoms with Gasteiger partial charge in [-0.2, -0.15) is 0 Å². The summed E-state index contributed by atoms with van der Waals surface area (Å²) in [5, 5.41) is 0. The average molecular weight is 237 g/mol. The molecule has 0 bridgehead atoms. The lowest BCUT2D eigenvalue weighted by atomic mass is 9.85. The summed E-state index contributed by atoms with van der Waals surface area (Å²) in [6.07, 6.45) is 11.7. The number of hydrogen-bond acceptors (Lipinski definition) is 2. The summed E-state index contributed by atoms with van der Waals surface area (Å²) in [4.78, 5) is 12.0. The van der Waals surface area contributed by atoms with Crippen LogP contribution in [0.25, 0.3) is 0 Å². The molecule has 0 aliphatic heterocycles. The summed E-state index contributed by atoms with van der Waals surface area (Å²) >= 11 is 0. The zero-order valence-corrected chi connectivity index (χ0v) is 11.0. The van der Waals surface area contributed by atoms with Crippen molar-refractivity contribution in [2.75, 3.05) is 0 Å². The van der Waals surface area contributed by atoms with Crippen molar-refractivity contribution in [2.24, 2.45) is 5.92 Å². The van der Waals surface area contributed by atoms with E-state index in [1.807, 2.05) is 0 Å². The first-order valence-electron chi connectivity index (χ1n) is 7.35. The molecule has 0 unspecified atom stereocenters. The molecule has 2 nitrogen and oxygen atoms in total.